The number of hydrogen-bond acceptors (Lipinski definition) is 5. The minimum atomic E-state index is -1.75. The number of ketones is 1. The maximum absolute atomic E-state index is 11.6. The van der Waals surface area contributed by atoms with Gasteiger partial charge >= 0.3 is 0 Å². The first-order valence-electron chi connectivity index (χ1n) is 7.28. The average molecular weight is 294 g/mol. The molecule has 5 nitrogen and oxygen atoms in total. The summed E-state index contributed by atoms with van der Waals surface area (Å²) in [4.78, 5) is 11.6. The van der Waals surface area contributed by atoms with E-state index in [2.05, 4.69) is 13.2 Å². The predicted molar refractivity (Wildman–Crippen MR) is 75.5 cm³/mol. The Labute approximate surface area is 123 Å². The summed E-state index contributed by atoms with van der Waals surface area (Å²) < 4.78 is 5.81. The summed E-state index contributed by atoms with van der Waals surface area (Å²) in [5.41, 5.74) is -2.91. The molecule has 3 fully saturated rings. The number of epoxide rings is 1. The number of rotatable bonds is 2. The van der Waals surface area contributed by atoms with E-state index in [1.54, 1.807) is 0 Å². The van der Waals surface area contributed by atoms with Gasteiger partial charge in [-0.1, -0.05) is 13.2 Å². The van der Waals surface area contributed by atoms with E-state index in [9.17, 15) is 20.1 Å². The molecule has 0 amide bonds. The van der Waals surface area contributed by atoms with Crippen LogP contribution in [0.25, 0.3) is 0 Å². The highest BCUT2D eigenvalue weighted by atomic mass is 16.6. The summed E-state index contributed by atoms with van der Waals surface area (Å²) >= 11 is 0. The van der Waals surface area contributed by atoms with Crippen molar-refractivity contribution in [3.05, 3.63) is 24.3 Å². The maximum Gasteiger partial charge on any atom is 0.155 e. The Bertz CT molecular complexity index is 555. The van der Waals surface area contributed by atoms with Gasteiger partial charge in [-0.15, -0.1) is 0 Å². The molecule has 6 atom stereocenters. The molecule has 1 spiro atoms. The minimum absolute atomic E-state index is 0.168. The second kappa shape index (κ2) is 4.04. The van der Waals surface area contributed by atoms with Crippen molar-refractivity contribution >= 4 is 5.78 Å². The molecule has 2 aliphatic carbocycles. The molecule has 0 aromatic carbocycles. The average Bonchev–Trinajstić information content (AvgIpc) is 2.96. The number of ether oxygens (including phenoxy) is 1. The zero-order chi connectivity index (χ0) is 15.8. The van der Waals surface area contributed by atoms with Gasteiger partial charge in [0.25, 0.3) is 0 Å². The Balaban J connectivity index is 2.08. The Morgan fingerprint density at radius 1 is 1.43 bits per heavy atom. The largest absolute Gasteiger partial charge is 0.389 e. The molecule has 116 valence electrons. The lowest BCUT2D eigenvalue weighted by molar-refractivity contribution is -0.119. The zero-order valence-corrected chi connectivity index (χ0v) is 12.4. The van der Waals surface area contributed by atoms with Crippen LogP contribution in [0.1, 0.15) is 33.1 Å². The summed E-state index contributed by atoms with van der Waals surface area (Å²) in [5.74, 6) is -0.762. The van der Waals surface area contributed by atoms with Crippen LogP contribution >= 0.6 is 0 Å². The Hall–Kier alpha value is -1.01. The van der Waals surface area contributed by atoms with Crippen molar-refractivity contribution in [2.75, 3.05) is 0 Å². The number of carbonyl (C=O) groups excluding carboxylic acids is 1. The van der Waals surface area contributed by atoms with Gasteiger partial charge in [0.05, 0.1) is 17.8 Å². The highest BCUT2D eigenvalue weighted by Gasteiger charge is 2.83. The van der Waals surface area contributed by atoms with Crippen molar-refractivity contribution in [2.24, 2.45) is 5.92 Å². The molecule has 1 aliphatic heterocycles. The van der Waals surface area contributed by atoms with E-state index in [-0.39, 0.29) is 17.8 Å². The normalized spacial score (nSPS) is 51.9. The second-order valence-electron chi connectivity index (χ2n) is 6.84. The van der Waals surface area contributed by atoms with Crippen LogP contribution in [0.15, 0.2) is 24.3 Å². The SMILES string of the molecule is C=C(C(C)=O)C1CCC2(C)OC23CC(O)C(=C)C3(O)C1O. The lowest BCUT2D eigenvalue weighted by Gasteiger charge is -2.37. The maximum atomic E-state index is 11.6. The molecule has 1 heterocycles. The Morgan fingerprint density at radius 2 is 2.05 bits per heavy atom. The Kier molecular flexibility index (Phi) is 2.87. The van der Waals surface area contributed by atoms with Crippen LogP contribution in [-0.2, 0) is 9.53 Å². The molecule has 2 saturated carbocycles. The monoisotopic (exact) mass is 294 g/mol. The molecule has 0 aromatic rings. The Morgan fingerprint density at radius 3 is 2.62 bits per heavy atom. The molecular weight excluding hydrogens is 272 g/mol. The van der Waals surface area contributed by atoms with Crippen LogP contribution in [0.4, 0.5) is 0 Å². The van der Waals surface area contributed by atoms with E-state index in [4.69, 9.17) is 4.74 Å². The van der Waals surface area contributed by atoms with Gasteiger partial charge in [0, 0.05) is 12.3 Å². The molecule has 1 saturated heterocycles. The van der Waals surface area contributed by atoms with Crippen molar-refractivity contribution in [3.8, 4) is 0 Å². The molecule has 6 unspecified atom stereocenters. The number of aliphatic hydroxyl groups is 3. The molecule has 3 N–H and O–H groups in total. The number of carbonyl (C=O) groups is 1. The third-order valence-corrected chi connectivity index (χ3v) is 5.84. The van der Waals surface area contributed by atoms with Crippen molar-refractivity contribution in [1.29, 1.82) is 0 Å². The van der Waals surface area contributed by atoms with Gasteiger partial charge in [0.2, 0.25) is 0 Å². The van der Waals surface area contributed by atoms with Gasteiger partial charge in [-0.05, 0) is 37.8 Å². The first-order valence-corrected chi connectivity index (χ1v) is 7.28. The molecule has 0 aromatic heterocycles. The van der Waals surface area contributed by atoms with Crippen LogP contribution in [-0.4, -0.2) is 50.1 Å². The second-order valence-corrected chi connectivity index (χ2v) is 6.84. The van der Waals surface area contributed by atoms with E-state index in [0.29, 0.717) is 18.4 Å². The molecule has 3 aliphatic rings. The highest BCUT2D eigenvalue weighted by molar-refractivity contribution is 5.93. The van der Waals surface area contributed by atoms with Gasteiger partial charge in [-0.3, -0.25) is 4.79 Å². The molecule has 21 heavy (non-hydrogen) atoms. The number of Topliss-reactive ketones (excluding diaryl/α,β-unsaturated/α-hetero) is 1. The van der Waals surface area contributed by atoms with E-state index in [1.807, 2.05) is 6.92 Å². The lowest BCUT2D eigenvalue weighted by Crippen LogP contribution is -2.56. The van der Waals surface area contributed by atoms with Crippen LogP contribution < -0.4 is 0 Å². The quantitative estimate of drug-likeness (QED) is 0.391. The van der Waals surface area contributed by atoms with Gasteiger partial charge < -0.3 is 20.1 Å². The molecule has 3 rings (SSSR count). The summed E-state index contributed by atoms with van der Waals surface area (Å²) in [5, 5.41) is 32.1. The zero-order valence-electron chi connectivity index (χ0n) is 12.4. The minimum Gasteiger partial charge on any atom is -0.389 e. The van der Waals surface area contributed by atoms with E-state index in [0.717, 1.165) is 0 Å². The van der Waals surface area contributed by atoms with Gasteiger partial charge in [-0.25, -0.2) is 0 Å². The van der Waals surface area contributed by atoms with E-state index >= 15 is 0 Å². The number of aliphatic hydroxyl groups excluding tert-OH is 2. The fraction of sp³-hybridized carbons (Fsp3) is 0.688. The smallest absolute Gasteiger partial charge is 0.155 e. The van der Waals surface area contributed by atoms with Crippen LogP contribution in [0, 0.1) is 5.92 Å². The van der Waals surface area contributed by atoms with Crippen LogP contribution in [0.3, 0.4) is 0 Å². The van der Waals surface area contributed by atoms with Gasteiger partial charge in [-0.2, -0.15) is 0 Å². The third-order valence-electron chi connectivity index (χ3n) is 5.84. The van der Waals surface area contributed by atoms with E-state index < -0.39 is 34.9 Å². The number of hydrogen-bond donors (Lipinski definition) is 3. The first-order chi connectivity index (χ1) is 9.61. The van der Waals surface area contributed by atoms with Crippen molar-refractivity contribution in [3.63, 3.8) is 0 Å². The molecule has 5 heteroatoms. The summed E-state index contributed by atoms with van der Waals surface area (Å²) in [6.07, 6.45) is -0.874. The molecule has 0 radical (unpaired) electrons. The summed E-state index contributed by atoms with van der Waals surface area (Å²) in [7, 11) is 0. The van der Waals surface area contributed by atoms with E-state index in [1.165, 1.54) is 6.92 Å². The van der Waals surface area contributed by atoms with Gasteiger partial charge in [0.1, 0.15) is 11.2 Å². The predicted octanol–water partition coefficient (Wildman–Crippen LogP) is 0.482. The topological polar surface area (TPSA) is 90.3 Å². The van der Waals surface area contributed by atoms with Gasteiger partial charge in [0.15, 0.2) is 5.78 Å². The first kappa shape index (κ1) is 14.9. The molecular formula is C16H22O5. The fourth-order valence-corrected chi connectivity index (χ4v) is 4.35. The van der Waals surface area contributed by atoms with Crippen molar-refractivity contribution in [1.82, 2.24) is 0 Å². The van der Waals surface area contributed by atoms with Crippen LogP contribution in [0.2, 0.25) is 0 Å². The van der Waals surface area contributed by atoms with Crippen LogP contribution in [0.5, 0.6) is 0 Å². The molecule has 0 bridgehead atoms. The lowest BCUT2D eigenvalue weighted by atomic mass is 9.74. The fourth-order valence-electron chi connectivity index (χ4n) is 4.35. The standard InChI is InChI=1S/C16H22O5/c1-8(10(3)17)11-5-6-14(4)15(21-14)7-12(18)9(2)16(15,20)13(11)19/h11-13,18-20H,1-2,5-7H2,3-4H3. The summed E-state index contributed by atoms with van der Waals surface area (Å²) in [6, 6.07) is 0. The highest BCUT2D eigenvalue weighted by Crippen LogP contribution is 2.68. The van der Waals surface area contributed by atoms with Crippen molar-refractivity contribution < 1.29 is 24.9 Å². The third kappa shape index (κ3) is 1.52. The van der Waals surface area contributed by atoms with Crippen molar-refractivity contribution in [2.45, 2.75) is 62.1 Å². The summed E-state index contributed by atoms with van der Waals surface area (Å²) in [6.45, 7) is 10.8.